The molecule has 0 aromatic heterocycles. The summed E-state index contributed by atoms with van der Waals surface area (Å²) < 4.78 is 15.2. The van der Waals surface area contributed by atoms with Crippen LogP contribution in [0.5, 0.6) is 11.5 Å². The van der Waals surface area contributed by atoms with Gasteiger partial charge >= 0.3 is 5.97 Å². The number of esters is 1. The largest absolute Gasteiger partial charge is 0.465 e. The van der Waals surface area contributed by atoms with Gasteiger partial charge in [0, 0.05) is 5.56 Å². The first-order valence-corrected chi connectivity index (χ1v) is 8.00. The van der Waals surface area contributed by atoms with Crippen molar-refractivity contribution in [1.82, 2.24) is 5.32 Å². The van der Waals surface area contributed by atoms with Crippen LogP contribution in [0.15, 0.2) is 42.5 Å². The standard InChI is InChI=1S/C19H19NO6/c1-19(23,14-7-8-15-16(9-14)26-11-25-15)10-20-17(21)12-3-5-13(6-4-12)18(22)24-2/h3-9,23H,10-11H2,1-2H3,(H,20,21)/t19-/m0/s1. The van der Waals surface area contributed by atoms with Crippen molar-refractivity contribution in [2.24, 2.45) is 0 Å². The molecule has 3 rings (SSSR count). The molecule has 7 nitrogen and oxygen atoms in total. The molecule has 0 unspecified atom stereocenters. The van der Waals surface area contributed by atoms with Crippen LogP contribution < -0.4 is 14.8 Å². The van der Waals surface area contributed by atoms with Gasteiger partial charge in [-0.1, -0.05) is 6.07 Å². The van der Waals surface area contributed by atoms with Gasteiger partial charge in [0.2, 0.25) is 6.79 Å². The van der Waals surface area contributed by atoms with Crippen molar-refractivity contribution in [2.75, 3.05) is 20.4 Å². The number of amides is 1. The number of carbonyl (C=O) groups excluding carboxylic acids is 2. The third-order valence-electron chi connectivity index (χ3n) is 4.16. The Labute approximate surface area is 150 Å². The topological polar surface area (TPSA) is 94.1 Å². The molecule has 0 saturated heterocycles. The lowest BCUT2D eigenvalue weighted by Crippen LogP contribution is -2.38. The van der Waals surface area contributed by atoms with Gasteiger partial charge in [-0.2, -0.15) is 0 Å². The monoisotopic (exact) mass is 357 g/mol. The second kappa shape index (κ2) is 7.05. The zero-order chi connectivity index (χ0) is 18.7. The first-order valence-electron chi connectivity index (χ1n) is 8.00. The molecule has 0 bridgehead atoms. The first-order chi connectivity index (χ1) is 12.4. The van der Waals surface area contributed by atoms with Crippen LogP contribution in [0.2, 0.25) is 0 Å². The number of rotatable bonds is 5. The van der Waals surface area contributed by atoms with E-state index in [1.807, 2.05) is 0 Å². The first kappa shape index (κ1) is 17.8. The molecule has 1 heterocycles. The molecule has 7 heteroatoms. The molecular weight excluding hydrogens is 338 g/mol. The molecule has 0 saturated carbocycles. The Morgan fingerprint density at radius 2 is 1.77 bits per heavy atom. The number of benzene rings is 2. The Bertz CT molecular complexity index is 828. The maximum absolute atomic E-state index is 12.3. The number of hydrogen-bond donors (Lipinski definition) is 2. The molecule has 136 valence electrons. The Morgan fingerprint density at radius 1 is 1.12 bits per heavy atom. The van der Waals surface area contributed by atoms with E-state index in [2.05, 4.69) is 10.1 Å². The minimum absolute atomic E-state index is 0.00420. The van der Waals surface area contributed by atoms with Gasteiger partial charge in [-0.3, -0.25) is 4.79 Å². The molecule has 2 N–H and O–H groups in total. The van der Waals surface area contributed by atoms with Crippen LogP contribution in [0, 0.1) is 0 Å². The van der Waals surface area contributed by atoms with Crippen molar-refractivity contribution < 1.29 is 28.9 Å². The van der Waals surface area contributed by atoms with Crippen molar-refractivity contribution >= 4 is 11.9 Å². The van der Waals surface area contributed by atoms with Crippen LogP contribution >= 0.6 is 0 Å². The summed E-state index contributed by atoms with van der Waals surface area (Å²) in [6, 6.07) is 11.2. The van der Waals surface area contributed by atoms with Gasteiger partial charge in [-0.05, 0) is 48.9 Å². The van der Waals surface area contributed by atoms with E-state index >= 15 is 0 Å². The fourth-order valence-electron chi connectivity index (χ4n) is 2.56. The zero-order valence-electron chi connectivity index (χ0n) is 14.4. The summed E-state index contributed by atoms with van der Waals surface area (Å²) >= 11 is 0. The molecule has 26 heavy (non-hydrogen) atoms. The molecular formula is C19H19NO6. The highest BCUT2D eigenvalue weighted by Crippen LogP contribution is 2.35. The Morgan fingerprint density at radius 3 is 2.46 bits per heavy atom. The lowest BCUT2D eigenvalue weighted by molar-refractivity contribution is 0.0525. The van der Waals surface area contributed by atoms with E-state index in [0.29, 0.717) is 28.2 Å². The Kier molecular flexibility index (Phi) is 4.81. The normalized spacial score (nSPS) is 14.4. The smallest absolute Gasteiger partial charge is 0.337 e. The SMILES string of the molecule is COC(=O)c1ccc(C(=O)NC[C@](C)(O)c2ccc3c(c2)OCO3)cc1. The number of carbonyl (C=O) groups is 2. The quantitative estimate of drug-likeness (QED) is 0.793. The molecule has 1 atom stereocenters. The van der Waals surface area contributed by atoms with Crippen LogP contribution in [-0.2, 0) is 10.3 Å². The lowest BCUT2D eigenvalue weighted by Gasteiger charge is -2.24. The summed E-state index contributed by atoms with van der Waals surface area (Å²) in [5, 5.41) is 13.4. The van der Waals surface area contributed by atoms with Gasteiger partial charge in [0.25, 0.3) is 5.91 Å². The van der Waals surface area contributed by atoms with Crippen molar-refractivity contribution in [3.63, 3.8) is 0 Å². The molecule has 1 aliphatic rings. The van der Waals surface area contributed by atoms with Gasteiger partial charge in [0.1, 0.15) is 5.60 Å². The second-order valence-electron chi connectivity index (χ2n) is 6.09. The van der Waals surface area contributed by atoms with E-state index in [1.54, 1.807) is 25.1 Å². The maximum atomic E-state index is 12.3. The van der Waals surface area contributed by atoms with Crippen LogP contribution in [0.1, 0.15) is 33.2 Å². The molecule has 2 aromatic carbocycles. The number of methoxy groups -OCH3 is 1. The fourth-order valence-corrected chi connectivity index (χ4v) is 2.56. The second-order valence-corrected chi connectivity index (χ2v) is 6.09. The van der Waals surface area contributed by atoms with Crippen LogP contribution in [0.3, 0.4) is 0 Å². The summed E-state index contributed by atoms with van der Waals surface area (Å²) in [4.78, 5) is 23.7. The average Bonchev–Trinajstić information content (AvgIpc) is 3.13. The van der Waals surface area contributed by atoms with Gasteiger partial charge in [-0.15, -0.1) is 0 Å². The Balaban J connectivity index is 1.65. The molecule has 0 fully saturated rings. The predicted molar refractivity (Wildman–Crippen MR) is 92.3 cm³/mol. The predicted octanol–water partition coefficient (Wildman–Crippen LogP) is 1.84. The van der Waals surface area contributed by atoms with Crippen molar-refractivity contribution in [1.29, 1.82) is 0 Å². The van der Waals surface area contributed by atoms with E-state index in [-0.39, 0.29) is 19.2 Å². The third-order valence-corrected chi connectivity index (χ3v) is 4.16. The summed E-state index contributed by atoms with van der Waals surface area (Å²) in [5.74, 6) is 0.358. The van der Waals surface area contributed by atoms with Gasteiger partial charge in [0.15, 0.2) is 11.5 Å². The van der Waals surface area contributed by atoms with E-state index in [1.165, 1.54) is 31.4 Å². The van der Waals surface area contributed by atoms with Crippen LogP contribution in [-0.4, -0.2) is 37.4 Å². The van der Waals surface area contributed by atoms with Crippen molar-refractivity contribution in [2.45, 2.75) is 12.5 Å². The zero-order valence-corrected chi connectivity index (χ0v) is 14.4. The maximum Gasteiger partial charge on any atom is 0.337 e. The van der Waals surface area contributed by atoms with E-state index < -0.39 is 11.6 Å². The van der Waals surface area contributed by atoms with Crippen LogP contribution in [0.25, 0.3) is 0 Å². The molecule has 1 aliphatic heterocycles. The highest BCUT2D eigenvalue weighted by atomic mass is 16.7. The molecule has 0 aliphatic carbocycles. The highest BCUT2D eigenvalue weighted by molar-refractivity contribution is 5.96. The Hall–Kier alpha value is -3.06. The molecule has 0 spiro atoms. The van der Waals surface area contributed by atoms with Gasteiger partial charge in [-0.25, -0.2) is 4.79 Å². The third kappa shape index (κ3) is 3.62. The van der Waals surface area contributed by atoms with E-state index in [9.17, 15) is 14.7 Å². The average molecular weight is 357 g/mol. The summed E-state index contributed by atoms with van der Waals surface area (Å²) in [6.07, 6.45) is 0. The molecule has 0 radical (unpaired) electrons. The fraction of sp³-hybridized carbons (Fsp3) is 0.263. The minimum atomic E-state index is -1.29. The van der Waals surface area contributed by atoms with Gasteiger partial charge < -0.3 is 24.6 Å². The lowest BCUT2D eigenvalue weighted by atomic mass is 9.95. The summed E-state index contributed by atoms with van der Waals surface area (Å²) in [7, 11) is 1.29. The number of hydrogen-bond acceptors (Lipinski definition) is 6. The van der Waals surface area contributed by atoms with Gasteiger partial charge in [0.05, 0.1) is 19.2 Å². The number of ether oxygens (including phenoxy) is 3. The van der Waals surface area contributed by atoms with E-state index in [4.69, 9.17) is 9.47 Å². The number of fused-ring (bicyclic) bond motifs is 1. The highest BCUT2D eigenvalue weighted by Gasteiger charge is 2.26. The van der Waals surface area contributed by atoms with Crippen LogP contribution in [0.4, 0.5) is 0 Å². The van der Waals surface area contributed by atoms with Crippen molar-refractivity contribution in [3.05, 3.63) is 59.2 Å². The molecule has 2 aromatic rings. The summed E-state index contributed by atoms with van der Waals surface area (Å²) in [6.45, 7) is 1.76. The van der Waals surface area contributed by atoms with E-state index in [0.717, 1.165) is 0 Å². The number of aliphatic hydroxyl groups is 1. The number of nitrogens with one attached hydrogen (secondary N) is 1. The molecule has 1 amide bonds. The summed E-state index contributed by atoms with van der Waals surface area (Å²) in [5.41, 5.74) is 0.0430. The van der Waals surface area contributed by atoms with Crippen molar-refractivity contribution in [3.8, 4) is 11.5 Å². The minimum Gasteiger partial charge on any atom is -0.465 e.